The van der Waals surface area contributed by atoms with E-state index in [0.29, 0.717) is 29.8 Å². The van der Waals surface area contributed by atoms with Crippen molar-refractivity contribution in [2.45, 2.75) is 6.42 Å². The lowest BCUT2D eigenvalue weighted by Crippen LogP contribution is -2.26. The average molecular weight is 283 g/mol. The highest BCUT2D eigenvalue weighted by atomic mass is 16.2. The maximum Gasteiger partial charge on any atom is 0.251 e. The zero-order valence-electron chi connectivity index (χ0n) is 11.5. The molecular formula is C16H17N3O2. The molecule has 5 nitrogen and oxygen atoms in total. The third-order valence-corrected chi connectivity index (χ3v) is 3.09. The van der Waals surface area contributed by atoms with Crippen molar-refractivity contribution >= 4 is 17.5 Å². The van der Waals surface area contributed by atoms with E-state index in [2.05, 4.69) is 5.32 Å². The molecule has 5 N–H and O–H groups in total. The number of benzene rings is 2. The van der Waals surface area contributed by atoms with Gasteiger partial charge >= 0.3 is 0 Å². The Kier molecular flexibility index (Phi) is 4.56. The average Bonchev–Trinajstić information content (AvgIpc) is 2.49. The molecule has 0 aliphatic rings. The standard InChI is InChI=1S/C16H17N3O2/c17-14-6-4-11(5-7-14)8-9-19-16(21)13-3-1-2-12(10-13)15(18)20/h1-7,10H,8-9,17H2,(H2,18,20)(H,19,21). The van der Waals surface area contributed by atoms with Crippen molar-refractivity contribution in [2.24, 2.45) is 5.73 Å². The minimum absolute atomic E-state index is 0.228. The van der Waals surface area contributed by atoms with Crippen molar-refractivity contribution in [3.8, 4) is 0 Å². The van der Waals surface area contributed by atoms with E-state index in [-0.39, 0.29) is 5.91 Å². The number of carbonyl (C=O) groups excluding carboxylic acids is 2. The predicted octanol–water partition coefficient (Wildman–Crippen LogP) is 1.34. The van der Waals surface area contributed by atoms with E-state index in [9.17, 15) is 9.59 Å². The fraction of sp³-hybridized carbons (Fsp3) is 0.125. The number of hydrogen-bond acceptors (Lipinski definition) is 3. The Bertz CT molecular complexity index is 651. The molecule has 108 valence electrons. The maximum atomic E-state index is 12.0. The van der Waals surface area contributed by atoms with Gasteiger partial charge in [-0.3, -0.25) is 9.59 Å². The van der Waals surface area contributed by atoms with E-state index in [1.54, 1.807) is 18.2 Å². The van der Waals surface area contributed by atoms with Crippen LogP contribution in [0, 0.1) is 0 Å². The normalized spacial score (nSPS) is 10.1. The third-order valence-electron chi connectivity index (χ3n) is 3.09. The second kappa shape index (κ2) is 6.56. The summed E-state index contributed by atoms with van der Waals surface area (Å²) in [6.07, 6.45) is 0.710. The third kappa shape index (κ3) is 4.07. The number of rotatable bonds is 5. The van der Waals surface area contributed by atoms with Crippen LogP contribution in [0.4, 0.5) is 5.69 Å². The lowest BCUT2D eigenvalue weighted by atomic mass is 10.1. The van der Waals surface area contributed by atoms with Gasteiger partial charge in [-0.15, -0.1) is 0 Å². The Morgan fingerprint density at radius 3 is 2.33 bits per heavy atom. The summed E-state index contributed by atoms with van der Waals surface area (Å²) in [5.41, 5.74) is 13.3. The summed E-state index contributed by atoms with van der Waals surface area (Å²) in [6, 6.07) is 13.8. The monoisotopic (exact) mass is 283 g/mol. The lowest BCUT2D eigenvalue weighted by Gasteiger charge is -2.06. The van der Waals surface area contributed by atoms with E-state index in [1.807, 2.05) is 24.3 Å². The number of anilines is 1. The molecule has 0 fully saturated rings. The fourth-order valence-corrected chi connectivity index (χ4v) is 1.92. The molecule has 0 bridgehead atoms. The largest absolute Gasteiger partial charge is 0.399 e. The van der Waals surface area contributed by atoms with E-state index >= 15 is 0 Å². The highest BCUT2D eigenvalue weighted by molar-refractivity contribution is 5.99. The first kappa shape index (κ1) is 14.6. The zero-order valence-corrected chi connectivity index (χ0v) is 11.5. The van der Waals surface area contributed by atoms with Gasteiger partial charge in [0.1, 0.15) is 0 Å². The van der Waals surface area contributed by atoms with E-state index in [4.69, 9.17) is 11.5 Å². The minimum Gasteiger partial charge on any atom is -0.399 e. The summed E-state index contributed by atoms with van der Waals surface area (Å²) >= 11 is 0. The van der Waals surface area contributed by atoms with Crippen LogP contribution < -0.4 is 16.8 Å². The van der Waals surface area contributed by atoms with Crippen LogP contribution in [0.15, 0.2) is 48.5 Å². The number of nitrogen functional groups attached to an aromatic ring is 1. The van der Waals surface area contributed by atoms with Crippen LogP contribution in [0.3, 0.4) is 0 Å². The molecule has 0 aliphatic carbocycles. The second-order valence-electron chi connectivity index (χ2n) is 4.69. The Balaban J connectivity index is 1.91. The van der Waals surface area contributed by atoms with E-state index in [0.717, 1.165) is 5.56 Å². The molecular weight excluding hydrogens is 266 g/mol. The van der Waals surface area contributed by atoms with E-state index < -0.39 is 5.91 Å². The summed E-state index contributed by atoms with van der Waals surface area (Å²) in [7, 11) is 0. The SMILES string of the molecule is NC(=O)c1cccc(C(=O)NCCc2ccc(N)cc2)c1. The second-order valence-corrected chi connectivity index (χ2v) is 4.69. The molecule has 5 heteroatoms. The molecule has 0 radical (unpaired) electrons. The molecule has 21 heavy (non-hydrogen) atoms. The minimum atomic E-state index is -0.550. The summed E-state index contributed by atoms with van der Waals surface area (Å²) < 4.78 is 0. The number of primary amides is 1. The smallest absolute Gasteiger partial charge is 0.251 e. The van der Waals surface area contributed by atoms with Crippen molar-refractivity contribution in [3.63, 3.8) is 0 Å². The predicted molar refractivity (Wildman–Crippen MR) is 81.9 cm³/mol. The molecule has 2 rings (SSSR count). The highest BCUT2D eigenvalue weighted by Gasteiger charge is 2.07. The molecule has 0 aliphatic heterocycles. The van der Waals surface area contributed by atoms with Crippen molar-refractivity contribution in [1.29, 1.82) is 0 Å². The van der Waals surface area contributed by atoms with Crippen LogP contribution in [-0.4, -0.2) is 18.4 Å². The van der Waals surface area contributed by atoms with Crippen LogP contribution in [-0.2, 0) is 6.42 Å². The van der Waals surface area contributed by atoms with Crippen molar-refractivity contribution < 1.29 is 9.59 Å². The topological polar surface area (TPSA) is 98.2 Å². The van der Waals surface area contributed by atoms with Crippen molar-refractivity contribution in [3.05, 3.63) is 65.2 Å². The Labute approximate surface area is 123 Å². The molecule has 0 spiro atoms. The van der Waals surface area contributed by atoms with Gasteiger partial charge in [-0.05, 0) is 42.3 Å². The van der Waals surface area contributed by atoms with Gasteiger partial charge in [-0.2, -0.15) is 0 Å². The molecule has 2 amide bonds. The van der Waals surface area contributed by atoms with Gasteiger partial charge in [0.25, 0.3) is 5.91 Å². The number of hydrogen-bond donors (Lipinski definition) is 3. The summed E-state index contributed by atoms with van der Waals surface area (Å²) in [4.78, 5) is 23.1. The van der Waals surface area contributed by atoms with Gasteiger partial charge in [0.2, 0.25) is 5.91 Å². The number of amides is 2. The summed E-state index contributed by atoms with van der Waals surface area (Å²) in [5.74, 6) is -0.778. The zero-order chi connectivity index (χ0) is 15.2. The molecule has 0 heterocycles. The molecule has 0 unspecified atom stereocenters. The van der Waals surface area contributed by atoms with Crippen LogP contribution in [0.1, 0.15) is 26.3 Å². The van der Waals surface area contributed by atoms with Crippen LogP contribution >= 0.6 is 0 Å². The van der Waals surface area contributed by atoms with Crippen molar-refractivity contribution in [2.75, 3.05) is 12.3 Å². The van der Waals surface area contributed by atoms with Gasteiger partial charge < -0.3 is 16.8 Å². The van der Waals surface area contributed by atoms with Gasteiger partial charge in [0.15, 0.2) is 0 Å². The van der Waals surface area contributed by atoms with Gasteiger partial charge in [-0.1, -0.05) is 18.2 Å². The van der Waals surface area contributed by atoms with Gasteiger partial charge in [0.05, 0.1) is 0 Å². The van der Waals surface area contributed by atoms with Crippen LogP contribution in [0.25, 0.3) is 0 Å². The van der Waals surface area contributed by atoms with Crippen molar-refractivity contribution in [1.82, 2.24) is 5.32 Å². The quantitative estimate of drug-likeness (QED) is 0.722. The molecule has 0 atom stereocenters. The van der Waals surface area contributed by atoms with Gasteiger partial charge in [-0.25, -0.2) is 0 Å². The molecule has 0 saturated carbocycles. The molecule has 2 aromatic carbocycles. The first-order valence-corrected chi connectivity index (χ1v) is 6.59. The first-order valence-electron chi connectivity index (χ1n) is 6.59. The molecule has 2 aromatic rings. The number of carbonyl (C=O) groups is 2. The molecule has 0 saturated heterocycles. The summed E-state index contributed by atoms with van der Waals surface area (Å²) in [6.45, 7) is 0.504. The summed E-state index contributed by atoms with van der Waals surface area (Å²) in [5, 5.41) is 2.81. The first-order chi connectivity index (χ1) is 10.1. The highest BCUT2D eigenvalue weighted by Crippen LogP contribution is 2.07. The fourth-order valence-electron chi connectivity index (χ4n) is 1.92. The van der Waals surface area contributed by atoms with E-state index in [1.165, 1.54) is 6.07 Å². The Morgan fingerprint density at radius 2 is 1.67 bits per heavy atom. The number of nitrogens with two attached hydrogens (primary N) is 2. The molecule has 0 aromatic heterocycles. The number of nitrogens with one attached hydrogen (secondary N) is 1. The lowest BCUT2D eigenvalue weighted by molar-refractivity contribution is 0.0954. The Hall–Kier alpha value is -2.82. The van der Waals surface area contributed by atoms with Crippen LogP contribution in [0.5, 0.6) is 0 Å². The Morgan fingerprint density at radius 1 is 1.00 bits per heavy atom. The van der Waals surface area contributed by atoms with Crippen LogP contribution in [0.2, 0.25) is 0 Å². The van der Waals surface area contributed by atoms with Gasteiger partial charge in [0, 0.05) is 23.4 Å². The maximum absolute atomic E-state index is 12.0.